The number of carbonyl (C=O) groups is 1. The number of fused-ring (bicyclic) bond motifs is 1. The maximum atomic E-state index is 13.0. The van der Waals surface area contributed by atoms with Crippen molar-refractivity contribution >= 4 is 16.9 Å². The highest BCUT2D eigenvalue weighted by Gasteiger charge is 2.25. The lowest BCUT2D eigenvalue weighted by Crippen LogP contribution is -2.53. The fraction of sp³-hybridized carbons (Fsp3) is 0.286. The topological polar surface area (TPSA) is 87.5 Å². The van der Waals surface area contributed by atoms with E-state index in [1.165, 1.54) is 5.56 Å². The van der Waals surface area contributed by atoms with Crippen LogP contribution in [-0.2, 0) is 17.8 Å². The number of nitrogens with zero attached hydrogens (tertiary/aromatic N) is 3. The first-order valence-corrected chi connectivity index (χ1v) is 12.1. The first-order valence-electron chi connectivity index (χ1n) is 12.1. The molecule has 1 amide bonds. The number of ether oxygens (including phenoxy) is 1. The lowest BCUT2D eigenvalue weighted by Gasteiger charge is -2.36. The molecule has 2 aromatic carbocycles. The van der Waals surface area contributed by atoms with Gasteiger partial charge in [0.2, 0.25) is 5.91 Å². The molecule has 0 radical (unpaired) electrons. The summed E-state index contributed by atoms with van der Waals surface area (Å²) in [5, 5.41) is 0.980. The molecule has 4 aromatic rings. The molecule has 2 aromatic heterocycles. The highest BCUT2D eigenvalue weighted by atomic mass is 16.5. The number of aromatic amines is 1. The molecule has 3 heterocycles. The van der Waals surface area contributed by atoms with Crippen LogP contribution in [-0.4, -0.2) is 57.9 Å². The number of nitrogens with two attached hydrogens (primary N) is 1. The fourth-order valence-corrected chi connectivity index (χ4v) is 4.63. The molecule has 1 atom stereocenters. The van der Waals surface area contributed by atoms with Gasteiger partial charge in [-0.05, 0) is 48.2 Å². The van der Waals surface area contributed by atoms with Gasteiger partial charge in [-0.25, -0.2) is 4.98 Å². The van der Waals surface area contributed by atoms with Gasteiger partial charge in [-0.15, -0.1) is 0 Å². The van der Waals surface area contributed by atoms with Crippen molar-refractivity contribution in [3.05, 3.63) is 89.7 Å². The average Bonchev–Trinajstić information content (AvgIpc) is 3.27. The molecule has 7 heteroatoms. The Balaban J connectivity index is 1.14. The van der Waals surface area contributed by atoms with Gasteiger partial charge in [-0.3, -0.25) is 9.69 Å². The summed E-state index contributed by atoms with van der Waals surface area (Å²) in [5.41, 5.74) is 10.5. The Kier molecular flexibility index (Phi) is 6.79. The molecule has 1 aliphatic heterocycles. The van der Waals surface area contributed by atoms with Gasteiger partial charge in [0.15, 0.2) is 0 Å². The smallest absolute Gasteiger partial charge is 0.239 e. The van der Waals surface area contributed by atoms with E-state index in [4.69, 9.17) is 10.5 Å². The van der Waals surface area contributed by atoms with Gasteiger partial charge >= 0.3 is 0 Å². The van der Waals surface area contributed by atoms with Crippen LogP contribution in [0, 0.1) is 6.92 Å². The van der Waals surface area contributed by atoms with Crippen molar-refractivity contribution in [3.8, 4) is 11.5 Å². The van der Waals surface area contributed by atoms with E-state index in [1.54, 1.807) is 6.20 Å². The summed E-state index contributed by atoms with van der Waals surface area (Å²) >= 11 is 0. The number of aromatic nitrogens is 2. The van der Waals surface area contributed by atoms with Crippen molar-refractivity contribution in [1.29, 1.82) is 0 Å². The number of hydrogen-bond donors (Lipinski definition) is 2. The maximum Gasteiger partial charge on any atom is 0.239 e. The van der Waals surface area contributed by atoms with E-state index in [0.717, 1.165) is 53.3 Å². The number of aryl methyl sites for hydroxylation is 1. The van der Waals surface area contributed by atoms with Crippen LogP contribution in [0.4, 0.5) is 0 Å². The van der Waals surface area contributed by atoms with Crippen molar-refractivity contribution in [2.45, 2.75) is 25.9 Å². The van der Waals surface area contributed by atoms with Crippen molar-refractivity contribution in [2.24, 2.45) is 5.73 Å². The van der Waals surface area contributed by atoms with Gasteiger partial charge in [0.1, 0.15) is 17.1 Å². The van der Waals surface area contributed by atoms with Gasteiger partial charge in [-0.1, -0.05) is 42.5 Å². The minimum Gasteiger partial charge on any atom is -0.457 e. The van der Waals surface area contributed by atoms with Crippen molar-refractivity contribution in [1.82, 2.24) is 19.8 Å². The third-order valence-corrected chi connectivity index (χ3v) is 6.59. The number of hydrogen-bond acceptors (Lipinski definition) is 5. The standard InChI is InChI=1S/C28H31N5O2/c1-20-18-31-27-26(20)25(11-12-30-27)35-23-9-7-21(8-10-23)17-24(29)28(34)33-15-13-32(14-16-33)19-22-5-3-2-4-6-22/h2-12,18,24H,13-17,19,29H2,1H3,(H,30,31). The molecule has 5 rings (SSSR count). The van der Waals surface area contributed by atoms with E-state index in [0.29, 0.717) is 19.5 Å². The van der Waals surface area contributed by atoms with Crippen LogP contribution in [0.5, 0.6) is 11.5 Å². The van der Waals surface area contributed by atoms with Crippen molar-refractivity contribution < 1.29 is 9.53 Å². The number of carbonyl (C=O) groups excluding carboxylic acids is 1. The van der Waals surface area contributed by atoms with Crippen LogP contribution in [0.25, 0.3) is 11.0 Å². The van der Waals surface area contributed by atoms with Gasteiger partial charge in [0, 0.05) is 45.1 Å². The number of rotatable bonds is 7. The van der Waals surface area contributed by atoms with Crippen LogP contribution in [0.15, 0.2) is 73.1 Å². The van der Waals surface area contributed by atoms with Crippen molar-refractivity contribution in [2.75, 3.05) is 26.2 Å². The predicted molar refractivity (Wildman–Crippen MR) is 137 cm³/mol. The fourth-order valence-electron chi connectivity index (χ4n) is 4.63. The van der Waals surface area contributed by atoms with Crippen molar-refractivity contribution in [3.63, 3.8) is 0 Å². The number of pyridine rings is 1. The number of piperazine rings is 1. The Morgan fingerprint density at radius 1 is 1.03 bits per heavy atom. The summed E-state index contributed by atoms with van der Waals surface area (Å²) in [5.74, 6) is 1.52. The molecule has 1 fully saturated rings. The van der Waals surface area contributed by atoms with Gasteiger partial charge in [0.05, 0.1) is 11.4 Å². The summed E-state index contributed by atoms with van der Waals surface area (Å²) in [6.45, 7) is 6.09. The Morgan fingerprint density at radius 3 is 2.51 bits per heavy atom. The maximum absolute atomic E-state index is 13.0. The zero-order valence-corrected chi connectivity index (χ0v) is 20.0. The summed E-state index contributed by atoms with van der Waals surface area (Å²) in [7, 11) is 0. The number of amides is 1. The Morgan fingerprint density at radius 2 is 1.77 bits per heavy atom. The van der Waals surface area contributed by atoms with E-state index < -0.39 is 6.04 Å². The zero-order valence-electron chi connectivity index (χ0n) is 20.0. The van der Waals surface area contributed by atoms with Gasteiger partial charge in [-0.2, -0.15) is 0 Å². The highest BCUT2D eigenvalue weighted by Crippen LogP contribution is 2.31. The summed E-state index contributed by atoms with van der Waals surface area (Å²) < 4.78 is 6.11. The molecule has 35 heavy (non-hydrogen) atoms. The first kappa shape index (κ1) is 23.1. The number of H-pyrrole nitrogens is 1. The molecule has 0 bridgehead atoms. The SMILES string of the molecule is Cc1c[nH]c2nccc(Oc3ccc(CC(N)C(=O)N4CCN(Cc5ccccc5)CC4)cc3)c12. The Bertz CT molecular complexity index is 1280. The summed E-state index contributed by atoms with van der Waals surface area (Å²) in [6.07, 6.45) is 4.16. The molecule has 1 unspecified atom stereocenters. The van der Waals surface area contributed by atoms with Crippen LogP contribution in [0.2, 0.25) is 0 Å². The third kappa shape index (κ3) is 5.37. The first-order chi connectivity index (χ1) is 17.1. The van der Waals surface area contributed by atoms with Gasteiger partial charge < -0.3 is 20.4 Å². The second-order valence-corrected chi connectivity index (χ2v) is 9.15. The van der Waals surface area contributed by atoms with E-state index >= 15 is 0 Å². The predicted octanol–water partition coefficient (Wildman–Crippen LogP) is 3.88. The number of nitrogens with one attached hydrogen (secondary N) is 1. The molecule has 0 aliphatic carbocycles. The molecule has 7 nitrogen and oxygen atoms in total. The van der Waals surface area contributed by atoms with Crippen LogP contribution >= 0.6 is 0 Å². The quantitative estimate of drug-likeness (QED) is 0.429. The molecule has 3 N–H and O–H groups in total. The highest BCUT2D eigenvalue weighted by molar-refractivity contribution is 5.86. The lowest BCUT2D eigenvalue weighted by atomic mass is 10.0. The second-order valence-electron chi connectivity index (χ2n) is 9.15. The lowest BCUT2D eigenvalue weighted by molar-refractivity contribution is -0.134. The number of benzene rings is 2. The molecular weight excluding hydrogens is 438 g/mol. The normalized spacial score (nSPS) is 15.3. The molecule has 0 spiro atoms. The van der Waals surface area contributed by atoms with Crippen LogP contribution < -0.4 is 10.5 Å². The minimum atomic E-state index is -0.551. The minimum absolute atomic E-state index is 0.0202. The molecule has 0 saturated carbocycles. The molecule has 1 saturated heterocycles. The van der Waals surface area contributed by atoms with Gasteiger partial charge in [0.25, 0.3) is 0 Å². The van der Waals surface area contributed by atoms with Crippen LogP contribution in [0.1, 0.15) is 16.7 Å². The molecule has 180 valence electrons. The van der Waals surface area contributed by atoms with E-state index in [1.807, 2.05) is 54.4 Å². The summed E-state index contributed by atoms with van der Waals surface area (Å²) in [6, 6.07) is 19.5. The van der Waals surface area contributed by atoms with E-state index in [9.17, 15) is 4.79 Å². The Labute approximate surface area is 205 Å². The average molecular weight is 470 g/mol. The summed E-state index contributed by atoms with van der Waals surface area (Å²) in [4.78, 5) is 24.7. The largest absolute Gasteiger partial charge is 0.457 e. The van der Waals surface area contributed by atoms with Crippen LogP contribution in [0.3, 0.4) is 0 Å². The molecule has 1 aliphatic rings. The third-order valence-electron chi connectivity index (χ3n) is 6.59. The zero-order chi connectivity index (χ0) is 24.2. The molecular formula is C28H31N5O2. The van der Waals surface area contributed by atoms with E-state index in [2.05, 4.69) is 39.1 Å². The monoisotopic (exact) mass is 469 g/mol. The second kappa shape index (κ2) is 10.3. The van der Waals surface area contributed by atoms with E-state index in [-0.39, 0.29) is 5.91 Å². The Hall–Kier alpha value is -3.68.